The van der Waals surface area contributed by atoms with Crippen molar-refractivity contribution >= 4 is 27.8 Å². The molecule has 0 saturated heterocycles. The quantitative estimate of drug-likeness (QED) is 0.732. The molecule has 1 rings (SSSR count). The highest BCUT2D eigenvalue weighted by atomic mass is 32.2. The van der Waals surface area contributed by atoms with Crippen molar-refractivity contribution in [2.24, 2.45) is 0 Å². The predicted molar refractivity (Wildman–Crippen MR) is 65.9 cm³/mol. The fourth-order valence-corrected chi connectivity index (χ4v) is 1.69. The molecule has 0 aliphatic carbocycles. The Balaban J connectivity index is 2.65. The number of aromatic nitrogens is 1. The molecule has 9 heteroatoms. The summed E-state index contributed by atoms with van der Waals surface area (Å²) in [6, 6.07) is 2.83. The zero-order valence-electron chi connectivity index (χ0n) is 9.88. The normalized spacial score (nSPS) is 11.1. The average molecular weight is 274 g/mol. The Morgan fingerprint density at radius 1 is 1.44 bits per heavy atom. The maximum absolute atomic E-state index is 11.5. The van der Waals surface area contributed by atoms with Crippen molar-refractivity contribution in [2.75, 3.05) is 10.5 Å². The fourth-order valence-electron chi connectivity index (χ4n) is 0.977. The van der Waals surface area contributed by atoms with Gasteiger partial charge in [0.05, 0.1) is 18.0 Å². The molecule has 0 aliphatic heterocycles. The van der Waals surface area contributed by atoms with E-state index in [4.69, 9.17) is 5.73 Å². The van der Waals surface area contributed by atoms with E-state index in [1.807, 2.05) is 4.72 Å². The van der Waals surface area contributed by atoms with Gasteiger partial charge in [-0.15, -0.1) is 0 Å². The highest BCUT2D eigenvalue weighted by Gasteiger charge is 2.16. The number of amides is 1. The van der Waals surface area contributed by atoms with Gasteiger partial charge >= 0.3 is 16.3 Å². The minimum atomic E-state index is -4.07. The van der Waals surface area contributed by atoms with Crippen molar-refractivity contribution in [1.29, 1.82) is 0 Å². The van der Waals surface area contributed by atoms with Gasteiger partial charge in [0, 0.05) is 0 Å². The zero-order valence-corrected chi connectivity index (χ0v) is 10.7. The standard InChI is InChI=1S/C9H14N4O4S/c1-6(2)17-9(14)13-18(15,16)12-8-4-3-7(10)5-11-8/h3-6H,10H2,1-2H3,(H,11,12)(H,13,14). The van der Waals surface area contributed by atoms with E-state index >= 15 is 0 Å². The van der Waals surface area contributed by atoms with E-state index in [1.165, 1.54) is 18.3 Å². The predicted octanol–water partition coefficient (Wildman–Crippen LogP) is 0.455. The Bertz CT molecular complexity index is 512. The maximum atomic E-state index is 11.5. The molecule has 0 bridgehead atoms. The molecular weight excluding hydrogens is 260 g/mol. The van der Waals surface area contributed by atoms with E-state index in [0.29, 0.717) is 5.69 Å². The molecule has 1 aromatic rings. The second-order valence-electron chi connectivity index (χ2n) is 3.64. The van der Waals surface area contributed by atoms with Crippen molar-refractivity contribution in [2.45, 2.75) is 20.0 Å². The number of carbonyl (C=O) groups is 1. The molecule has 0 radical (unpaired) electrons. The lowest BCUT2D eigenvalue weighted by molar-refractivity contribution is 0.121. The Hall–Kier alpha value is -2.03. The SMILES string of the molecule is CC(C)OC(=O)NS(=O)(=O)Nc1ccc(N)cn1. The van der Waals surface area contributed by atoms with Crippen LogP contribution in [0.2, 0.25) is 0 Å². The highest BCUT2D eigenvalue weighted by molar-refractivity contribution is 7.91. The van der Waals surface area contributed by atoms with E-state index in [1.54, 1.807) is 18.6 Å². The van der Waals surface area contributed by atoms with E-state index in [0.717, 1.165) is 0 Å². The number of hydrogen-bond donors (Lipinski definition) is 3. The number of rotatable bonds is 4. The lowest BCUT2D eigenvalue weighted by atomic mass is 10.4. The summed E-state index contributed by atoms with van der Waals surface area (Å²) in [6.45, 7) is 3.20. The van der Waals surface area contributed by atoms with Crippen LogP contribution in [0.5, 0.6) is 0 Å². The van der Waals surface area contributed by atoms with Gasteiger partial charge in [-0.3, -0.25) is 4.72 Å². The summed E-state index contributed by atoms with van der Waals surface area (Å²) in [4.78, 5) is 14.8. The summed E-state index contributed by atoms with van der Waals surface area (Å²) in [7, 11) is -4.07. The number of anilines is 2. The second kappa shape index (κ2) is 5.54. The van der Waals surface area contributed by atoms with Gasteiger partial charge in [-0.1, -0.05) is 0 Å². The van der Waals surface area contributed by atoms with Crippen LogP contribution in [0, 0.1) is 0 Å². The molecule has 0 spiro atoms. The third kappa shape index (κ3) is 4.87. The van der Waals surface area contributed by atoms with E-state index in [-0.39, 0.29) is 5.82 Å². The lowest BCUT2D eigenvalue weighted by Gasteiger charge is -2.11. The van der Waals surface area contributed by atoms with Crippen LogP contribution in [-0.2, 0) is 14.9 Å². The van der Waals surface area contributed by atoms with Gasteiger partial charge in [-0.25, -0.2) is 14.5 Å². The first-order valence-corrected chi connectivity index (χ1v) is 6.49. The molecule has 0 unspecified atom stereocenters. The molecule has 1 heterocycles. The van der Waals surface area contributed by atoms with Gasteiger partial charge in [-0.05, 0) is 26.0 Å². The van der Waals surface area contributed by atoms with Crippen LogP contribution in [0.25, 0.3) is 0 Å². The Morgan fingerprint density at radius 2 is 2.11 bits per heavy atom. The summed E-state index contributed by atoms with van der Waals surface area (Å²) < 4.78 is 31.3. The molecule has 0 aromatic carbocycles. The molecule has 0 saturated carbocycles. The smallest absolute Gasteiger partial charge is 0.422 e. The number of ether oxygens (including phenoxy) is 1. The van der Waals surface area contributed by atoms with Gasteiger partial charge in [-0.2, -0.15) is 8.42 Å². The third-order valence-electron chi connectivity index (χ3n) is 1.59. The first-order valence-electron chi connectivity index (χ1n) is 5.01. The third-order valence-corrected chi connectivity index (χ3v) is 2.50. The van der Waals surface area contributed by atoms with Gasteiger partial charge in [0.15, 0.2) is 0 Å². The number of carbonyl (C=O) groups excluding carboxylic acids is 1. The number of nitrogens with zero attached hydrogens (tertiary/aromatic N) is 1. The lowest BCUT2D eigenvalue weighted by Crippen LogP contribution is -2.37. The van der Waals surface area contributed by atoms with Crippen molar-refractivity contribution in [1.82, 2.24) is 9.71 Å². The average Bonchev–Trinajstić information content (AvgIpc) is 2.18. The van der Waals surface area contributed by atoms with Gasteiger partial charge < -0.3 is 10.5 Å². The van der Waals surface area contributed by atoms with Crippen LogP contribution in [-0.4, -0.2) is 25.6 Å². The van der Waals surface area contributed by atoms with Crippen molar-refractivity contribution in [3.8, 4) is 0 Å². The first-order chi connectivity index (χ1) is 8.28. The van der Waals surface area contributed by atoms with Gasteiger partial charge in [0.25, 0.3) is 0 Å². The van der Waals surface area contributed by atoms with E-state index in [2.05, 4.69) is 9.72 Å². The van der Waals surface area contributed by atoms with Crippen LogP contribution in [0.15, 0.2) is 18.3 Å². The largest absolute Gasteiger partial charge is 0.446 e. The number of nitrogens with one attached hydrogen (secondary N) is 2. The molecule has 8 nitrogen and oxygen atoms in total. The monoisotopic (exact) mass is 274 g/mol. The molecule has 1 aromatic heterocycles. The number of nitrogen functional groups attached to an aromatic ring is 1. The second-order valence-corrected chi connectivity index (χ2v) is 5.05. The summed E-state index contributed by atoms with van der Waals surface area (Å²) in [6.07, 6.45) is -0.201. The van der Waals surface area contributed by atoms with Crippen LogP contribution < -0.4 is 15.2 Å². The van der Waals surface area contributed by atoms with E-state index in [9.17, 15) is 13.2 Å². The highest BCUT2D eigenvalue weighted by Crippen LogP contribution is 2.07. The molecule has 100 valence electrons. The summed E-state index contributed by atoms with van der Waals surface area (Å²) in [5.41, 5.74) is 5.79. The van der Waals surface area contributed by atoms with Crippen molar-refractivity contribution in [3.05, 3.63) is 18.3 Å². The van der Waals surface area contributed by atoms with Crippen LogP contribution >= 0.6 is 0 Å². The summed E-state index contributed by atoms with van der Waals surface area (Å²) in [5.74, 6) is 0.0362. The molecule has 0 aliphatic rings. The van der Waals surface area contributed by atoms with Crippen molar-refractivity contribution < 1.29 is 17.9 Å². The van der Waals surface area contributed by atoms with E-state index < -0.39 is 22.4 Å². The molecule has 18 heavy (non-hydrogen) atoms. The summed E-state index contributed by atoms with van der Waals surface area (Å²) in [5, 5.41) is 0. The minimum Gasteiger partial charge on any atom is -0.446 e. The van der Waals surface area contributed by atoms with Crippen LogP contribution in [0.1, 0.15) is 13.8 Å². The number of hydrogen-bond acceptors (Lipinski definition) is 6. The molecular formula is C9H14N4O4S. The van der Waals surface area contributed by atoms with Gasteiger partial charge in [0.2, 0.25) is 0 Å². The maximum Gasteiger partial charge on any atom is 0.422 e. The topological polar surface area (TPSA) is 123 Å². The molecule has 0 fully saturated rings. The van der Waals surface area contributed by atoms with Gasteiger partial charge in [0.1, 0.15) is 5.82 Å². The molecule has 4 N–H and O–H groups in total. The number of pyridine rings is 1. The van der Waals surface area contributed by atoms with Crippen LogP contribution in [0.4, 0.5) is 16.3 Å². The molecule has 0 atom stereocenters. The fraction of sp³-hybridized carbons (Fsp3) is 0.333. The first kappa shape index (κ1) is 14.0. The van der Waals surface area contributed by atoms with Crippen LogP contribution in [0.3, 0.4) is 0 Å². The van der Waals surface area contributed by atoms with Crippen molar-refractivity contribution in [3.63, 3.8) is 0 Å². The minimum absolute atomic E-state index is 0.0362. The molecule has 1 amide bonds. The Labute approximate surface area is 105 Å². The Morgan fingerprint density at radius 3 is 2.61 bits per heavy atom. The summed E-state index contributed by atoms with van der Waals surface area (Å²) >= 11 is 0. The zero-order chi connectivity index (χ0) is 13.8. The Kier molecular flexibility index (Phi) is 4.32. The number of nitrogens with two attached hydrogens (primary N) is 1.